The monoisotopic (exact) mass is 553 g/mol. The molecule has 0 aliphatic carbocycles. The van der Waals surface area contributed by atoms with Crippen molar-refractivity contribution >= 4 is 62.1 Å². The van der Waals surface area contributed by atoms with Gasteiger partial charge in [-0.2, -0.15) is 4.98 Å². The molecule has 1 aliphatic rings. The summed E-state index contributed by atoms with van der Waals surface area (Å²) in [5.74, 6) is 0.545. The highest BCUT2D eigenvalue weighted by atomic mass is 79.9. The summed E-state index contributed by atoms with van der Waals surface area (Å²) in [6.45, 7) is 6.95. The molecule has 3 heterocycles. The largest absolute Gasteiger partial charge is 0.465 e. The molecule has 3 aromatic rings. The maximum atomic E-state index is 13.4. The zero-order valence-corrected chi connectivity index (χ0v) is 21.3. The average molecular weight is 555 g/mol. The number of carbonyl (C=O) groups is 1. The molecule has 1 amide bonds. The summed E-state index contributed by atoms with van der Waals surface area (Å²) in [7, 11) is 0. The van der Waals surface area contributed by atoms with E-state index >= 15 is 0 Å². The molecule has 0 spiro atoms. The molecule has 0 bridgehead atoms. The van der Waals surface area contributed by atoms with E-state index in [-0.39, 0.29) is 22.1 Å². The van der Waals surface area contributed by atoms with Crippen molar-refractivity contribution in [3.8, 4) is 5.69 Å². The number of piperazine rings is 1. The van der Waals surface area contributed by atoms with Crippen molar-refractivity contribution in [2.75, 3.05) is 24.5 Å². The lowest BCUT2D eigenvalue weighted by Gasteiger charge is -2.39. The lowest BCUT2D eigenvalue weighted by atomic mass is 10.0. The van der Waals surface area contributed by atoms with E-state index in [1.54, 1.807) is 6.07 Å². The highest BCUT2D eigenvalue weighted by Crippen LogP contribution is 2.34. The SMILES string of the molecule is CC(C)c1cc(Br)ccc1-n1c(=O)nc(N2CCN(C(=O)O)CC2C)c2cc(Cl)c(Cl)nc21. The number of hydrogen-bond donors (Lipinski definition) is 1. The molecule has 1 N–H and O–H groups in total. The summed E-state index contributed by atoms with van der Waals surface area (Å²) in [5.41, 5.74) is 1.45. The van der Waals surface area contributed by atoms with Crippen LogP contribution in [0.15, 0.2) is 33.5 Å². The molecule has 0 saturated carbocycles. The number of halogens is 3. The van der Waals surface area contributed by atoms with Crippen LogP contribution in [0.4, 0.5) is 10.6 Å². The van der Waals surface area contributed by atoms with Gasteiger partial charge < -0.3 is 14.9 Å². The van der Waals surface area contributed by atoms with E-state index in [0.29, 0.717) is 42.2 Å². The van der Waals surface area contributed by atoms with E-state index in [1.165, 1.54) is 9.47 Å². The number of aromatic nitrogens is 3. The number of hydrogen-bond acceptors (Lipinski definition) is 5. The van der Waals surface area contributed by atoms with E-state index in [4.69, 9.17) is 23.2 Å². The number of rotatable bonds is 3. The van der Waals surface area contributed by atoms with Crippen molar-refractivity contribution in [1.82, 2.24) is 19.4 Å². The van der Waals surface area contributed by atoms with E-state index in [0.717, 1.165) is 10.0 Å². The van der Waals surface area contributed by atoms with Gasteiger partial charge in [-0.1, -0.05) is 53.0 Å². The third-order valence-electron chi connectivity index (χ3n) is 5.78. The Labute approximate surface area is 208 Å². The summed E-state index contributed by atoms with van der Waals surface area (Å²) in [4.78, 5) is 37.0. The van der Waals surface area contributed by atoms with Crippen LogP contribution in [0.25, 0.3) is 16.7 Å². The molecule has 1 aliphatic heterocycles. The van der Waals surface area contributed by atoms with Crippen LogP contribution in [0, 0.1) is 0 Å². The van der Waals surface area contributed by atoms with Gasteiger partial charge in [0.15, 0.2) is 5.65 Å². The van der Waals surface area contributed by atoms with E-state index in [9.17, 15) is 14.7 Å². The molecule has 1 fully saturated rings. The van der Waals surface area contributed by atoms with Crippen LogP contribution in [0.2, 0.25) is 10.2 Å². The minimum atomic E-state index is -0.970. The lowest BCUT2D eigenvalue weighted by molar-refractivity contribution is 0.136. The molecule has 2 aromatic heterocycles. The van der Waals surface area contributed by atoms with Crippen LogP contribution in [-0.2, 0) is 0 Å². The summed E-state index contributed by atoms with van der Waals surface area (Å²) in [6.07, 6.45) is -0.970. The van der Waals surface area contributed by atoms with Crippen molar-refractivity contribution in [2.24, 2.45) is 0 Å². The molecule has 1 atom stereocenters. The van der Waals surface area contributed by atoms with Crippen molar-refractivity contribution < 1.29 is 9.90 Å². The fourth-order valence-corrected chi connectivity index (χ4v) is 4.82. The van der Waals surface area contributed by atoms with Crippen LogP contribution >= 0.6 is 39.1 Å². The Morgan fingerprint density at radius 1 is 1.21 bits per heavy atom. The summed E-state index contributed by atoms with van der Waals surface area (Å²) >= 11 is 16.1. The minimum Gasteiger partial charge on any atom is -0.465 e. The Morgan fingerprint density at radius 2 is 1.94 bits per heavy atom. The van der Waals surface area contributed by atoms with Gasteiger partial charge in [0, 0.05) is 30.1 Å². The Morgan fingerprint density at radius 3 is 2.58 bits per heavy atom. The normalized spacial score (nSPS) is 16.6. The van der Waals surface area contributed by atoms with Crippen molar-refractivity contribution in [3.63, 3.8) is 0 Å². The zero-order chi connectivity index (χ0) is 24.0. The predicted molar refractivity (Wildman–Crippen MR) is 133 cm³/mol. The Balaban J connectivity index is 1.97. The zero-order valence-electron chi connectivity index (χ0n) is 18.2. The fraction of sp³-hybridized carbons (Fsp3) is 0.364. The molecule has 11 heteroatoms. The van der Waals surface area contributed by atoms with Crippen LogP contribution in [0.1, 0.15) is 32.3 Å². The third kappa shape index (κ3) is 4.41. The highest BCUT2D eigenvalue weighted by molar-refractivity contribution is 9.10. The third-order valence-corrected chi connectivity index (χ3v) is 6.95. The molecule has 1 aromatic carbocycles. The Kier molecular flexibility index (Phi) is 6.57. The van der Waals surface area contributed by atoms with E-state index in [1.807, 2.05) is 43.9 Å². The van der Waals surface area contributed by atoms with Crippen molar-refractivity contribution in [2.45, 2.75) is 32.7 Å². The molecular weight excluding hydrogens is 533 g/mol. The lowest BCUT2D eigenvalue weighted by Crippen LogP contribution is -2.54. The first-order valence-electron chi connectivity index (χ1n) is 10.4. The van der Waals surface area contributed by atoms with Gasteiger partial charge >= 0.3 is 11.8 Å². The quantitative estimate of drug-likeness (QED) is 0.449. The first-order valence-corrected chi connectivity index (χ1v) is 12.0. The van der Waals surface area contributed by atoms with Gasteiger partial charge in [0.05, 0.1) is 16.1 Å². The van der Waals surface area contributed by atoms with Crippen LogP contribution < -0.4 is 10.6 Å². The molecule has 174 valence electrons. The van der Waals surface area contributed by atoms with Crippen LogP contribution in [0.5, 0.6) is 0 Å². The molecule has 0 radical (unpaired) electrons. The number of fused-ring (bicyclic) bond motifs is 1. The Hall–Kier alpha value is -2.36. The molecule has 8 nitrogen and oxygen atoms in total. The number of pyridine rings is 1. The highest BCUT2D eigenvalue weighted by Gasteiger charge is 2.30. The number of nitrogens with zero attached hydrogens (tertiary/aromatic N) is 5. The fourth-order valence-electron chi connectivity index (χ4n) is 4.16. The molecule has 33 heavy (non-hydrogen) atoms. The molecule has 4 rings (SSSR count). The number of carboxylic acid groups (broad SMARTS) is 1. The van der Waals surface area contributed by atoms with E-state index in [2.05, 4.69) is 25.9 Å². The van der Waals surface area contributed by atoms with Gasteiger partial charge in [-0.25, -0.2) is 19.1 Å². The summed E-state index contributed by atoms with van der Waals surface area (Å²) in [6, 6.07) is 7.14. The summed E-state index contributed by atoms with van der Waals surface area (Å²) < 4.78 is 2.36. The first-order chi connectivity index (χ1) is 15.6. The predicted octanol–water partition coefficient (Wildman–Crippen LogP) is 5.16. The summed E-state index contributed by atoms with van der Waals surface area (Å²) in [5, 5.41) is 10.2. The minimum absolute atomic E-state index is 0.0846. The molecular formula is C22H22BrCl2N5O3. The number of benzene rings is 1. The van der Waals surface area contributed by atoms with Crippen LogP contribution in [-0.4, -0.2) is 56.3 Å². The maximum absolute atomic E-state index is 13.4. The second-order valence-electron chi connectivity index (χ2n) is 8.31. The molecule has 1 unspecified atom stereocenters. The van der Waals surface area contributed by atoms with Gasteiger partial charge in [0.2, 0.25) is 0 Å². The maximum Gasteiger partial charge on any atom is 0.407 e. The second kappa shape index (κ2) is 9.12. The second-order valence-corrected chi connectivity index (χ2v) is 10.00. The average Bonchev–Trinajstić information content (AvgIpc) is 2.75. The van der Waals surface area contributed by atoms with Gasteiger partial charge in [0.1, 0.15) is 11.0 Å². The van der Waals surface area contributed by atoms with Crippen LogP contribution in [0.3, 0.4) is 0 Å². The number of anilines is 1. The number of amides is 1. The standard InChI is InChI=1S/C22H22BrCl2N5O3/c1-11(2)14-8-13(23)4-5-17(14)30-20-15(9-16(24)18(25)26-20)19(27-21(30)31)29-7-6-28(22(32)33)10-12(29)3/h4-5,8-9,11-12H,6-7,10H2,1-3H3,(H,32,33). The van der Waals surface area contributed by atoms with Crippen molar-refractivity contribution in [1.29, 1.82) is 0 Å². The topological polar surface area (TPSA) is 91.6 Å². The van der Waals surface area contributed by atoms with Gasteiger partial charge in [-0.3, -0.25) is 0 Å². The molecule has 1 saturated heterocycles. The Bertz CT molecular complexity index is 1310. The van der Waals surface area contributed by atoms with Gasteiger partial charge in [-0.05, 0) is 42.7 Å². The van der Waals surface area contributed by atoms with Gasteiger partial charge in [-0.15, -0.1) is 0 Å². The van der Waals surface area contributed by atoms with Crippen molar-refractivity contribution in [3.05, 3.63) is 55.0 Å². The van der Waals surface area contributed by atoms with Gasteiger partial charge in [0.25, 0.3) is 0 Å². The van der Waals surface area contributed by atoms with E-state index < -0.39 is 11.8 Å². The smallest absolute Gasteiger partial charge is 0.407 e. The first kappa shape index (κ1) is 23.8.